The lowest BCUT2D eigenvalue weighted by atomic mass is 10.1. The molecular weight excluding hydrogens is 371 g/mol. The number of aromatic nitrogens is 1. The van der Waals surface area contributed by atoms with Gasteiger partial charge in [-0.25, -0.2) is 4.98 Å². The van der Waals surface area contributed by atoms with Crippen molar-refractivity contribution in [2.75, 3.05) is 12.0 Å². The molecule has 0 amide bonds. The number of anilines is 1. The minimum absolute atomic E-state index is 0.0789. The van der Waals surface area contributed by atoms with Gasteiger partial charge in [-0.1, -0.05) is 0 Å². The largest absolute Gasteiger partial charge is 0.573 e. The summed E-state index contributed by atoms with van der Waals surface area (Å²) >= 11 is 1.27. The average Bonchev–Trinajstić information content (AvgIpc) is 2.95. The molecule has 0 atom stereocenters. The van der Waals surface area contributed by atoms with Gasteiger partial charge in [0.25, 0.3) is 0 Å². The maximum atomic E-state index is 12.2. The molecular formula is C16H16F3N3O3S. The fourth-order valence-corrected chi connectivity index (χ4v) is 2.61. The number of hydrazone groups is 1. The van der Waals surface area contributed by atoms with E-state index in [2.05, 4.69) is 20.2 Å². The molecule has 140 valence electrons. The van der Waals surface area contributed by atoms with Crippen molar-refractivity contribution in [2.24, 2.45) is 5.10 Å². The Morgan fingerprint density at radius 3 is 2.85 bits per heavy atom. The summed E-state index contributed by atoms with van der Waals surface area (Å²) in [5, 5.41) is 6.19. The number of esters is 1. The number of carbonyl (C=O) groups excluding carboxylic acids is 1. The van der Waals surface area contributed by atoms with Gasteiger partial charge in [-0.05, 0) is 43.2 Å². The van der Waals surface area contributed by atoms with Gasteiger partial charge in [0.2, 0.25) is 5.13 Å². The third-order valence-electron chi connectivity index (χ3n) is 3.02. The Balaban J connectivity index is 1.94. The number of rotatable bonds is 7. The van der Waals surface area contributed by atoms with Crippen molar-refractivity contribution in [2.45, 2.75) is 26.6 Å². The molecule has 0 aliphatic heterocycles. The van der Waals surface area contributed by atoms with E-state index in [0.717, 1.165) is 0 Å². The second-order valence-electron chi connectivity index (χ2n) is 5.06. The van der Waals surface area contributed by atoms with Crippen molar-refractivity contribution in [1.29, 1.82) is 0 Å². The first-order valence-corrected chi connectivity index (χ1v) is 8.40. The number of hydrogen-bond acceptors (Lipinski definition) is 7. The predicted molar refractivity (Wildman–Crippen MR) is 91.5 cm³/mol. The topological polar surface area (TPSA) is 72.8 Å². The van der Waals surface area contributed by atoms with Crippen LogP contribution in [-0.4, -0.2) is 30.1 Å². The van der Waals surface area contributed by atoms with Crippen LogP contribution in [0, 0.1) is 6.92 Å². The molecule has 6 nitrogen and oxygen atoms in total. The molecule has 0 unspecified atom stereocenters. The molecule has 2 rings (SSSR count). The normalized spacial score (nSPS) is 11.6. The molecule has 0 bridgehead atoms. The van der Waals surface area contributed by atoms with E-state index < -0.39 is 6.36 Å². The molecule has 1 aromatic carbocycles. The van der Waals surface area contributed by atoms with Gasteiger partial charge in [-0.3, -0.25) is 10.2 Å². The third kappa shape index (κ3) is 6.36. The molecule has 1 aromatic heterocycles. The zero-order chi connectivity index (χ0) is 19.2. The number of alkyl halides is 3. The first-order valence-electron chi connectivity index (χ1n) is 7.52. The van der Waals surface area contributed by atoms with Crippen LogP contribution >= 0.6 is 11.3 Å². The van der Waals surface area contributed by atoms with Gasteiger partial charge >= 0.3 is 12.3 Å². The summed E-state index contributed by atoms with van der Waals surface area (Å²) in [6.07, 6.45) is -3.19. The SMILES string of the molecule is CCOC(=O)Cc1csc(NN=Cc2ccc(OC(F)(F)F)cc2C)n1. The number of nitrogens with one attached hydrogen (secondary N) is 1. The Kier molecular flexibility index (Phi) is 6.56. The highest BCUT2D eigenvalue weighted by Crippen LogP contribution is 2.24. The maximum Gasteiger partial charge on any atom is 0.573 e. The third-order valence-corrected chi connectivity index (χ3v) is 3.82. The van der Waals surface area contributed by atoms with Gasteiger partial charge < -0.3 is 9.47 Å². The quantitative estimate of drug-likeness (QED) is 0.443. The Bertz CT molecular complexity index is 791. The van der Waals surface area contributed by atoms with Crippen LogP contribution in [0.25, 0.3) is 0 Å². The number of thiazole rings is 1. The highest BCUT2D eigenvalue weighted by Gasteiger charge is 2.31. The summed E-state index contributed by atoms with van der Waals surface area (Å²) in [6.45, 7) is 3.68. The molecule has 0 spiro atoms. The lowest BCUT2D eigenvalue weighted by Gasteiger charge is -2.10. The van der Waals surface area contributed by atoms with Crippen LogP contribution < -0.4 is 10.2 Å². The van der Waals surface area contributed by atoms with Gasteiger partial charge in [0, 0.05) is 5.38 Å². The summed E-state index contributed by atoms with van der Waals surface area (Å²) < 4.78 is 45.3. The summed E-state index contributed by atoms with van der Waals surface area (Å²) in [7, 11) is 0. The van der Waals surface area contributed by atoms with E-state index in [-0.39, 0.29) is 18.1 Å². The number of ether oxygens (including phenoxy) is 2. The van der Waals surface area contributed by atoms with Crippen molar-refractivity contribution >= 4 is 28.7 Å². The first kappa shape index (κ1) is 19.7. The van der Waals surface area contributed by atoms with Crippen molar-refractivity contribution < 1.29 is 27.4 Å². The van der Waals surface area contributed by atoms with Crippen molar-refractivity contribution in [3.8, 4) is 5.75 Å². The van der Waals surface area contributed by atoms with E-state index in [0.29, 0.717) is 28.6 Å². The Morgan fingerprint density at radius 2 is 2.19 bits per heavy atom. The molecule has 10 heteroatoms. The zero-order valence-electron chi connectivity index (χ0n) is 14.0. The summed E-state index contributed by atoms with van der Waals surface area (Å²) in [4.78, 5) is 15.6. The van der Waals surface area contributed by atoms with E-state index in [4.69, 9.17) is 4.74 Å². The second-order valence-corrected chi connectivity index (χ2v) is 5.92. The van der Waals surface area contributed by atoms with E-state index >= 15 is 0 Å². The summed E-state index contributed by atoms with van der Waals surface area (Å²) in [6, 6.07) is 3.95. The van der Waals surface area contributed by atoms with Crippen LogP contribution in [0.1, 0.15) is 23.7 Å². The molecule has 1 N–H and O–H groups in total. The molecule has 1 heterocycles. The lowest BCUT2D eigenvalue weighted by molar-refractivity contribution is -0.274. The Labute approximate surface area is 151 Å². The molecule has 0 radical (unpaired) electrons. The van der Waals surface area contributed by atoms with E-state index in [1.807, 2.05) is 0 Å². The Morgan fingerprint density at radius 1 is 1.42 bits per heavy atom. The van der Waals surface area contributed by atoms with Crippen LogP contribution in [0.3, 0.4) is 0 Å². The fourth-order valence-electron chi connectivity index (χ4n) is 1.95. The number of carbonyl (C=O) groups is 1. The van der Waals surface area contributed by atoms with Gasteiger partial charge in [0.05, 0.1) is 24.9 Å². The maximum absolute atomic E-state index is 12.2. The van der Waals surface area contributed by atoms with E-state index in [1.54, 1.807) is 19.2 Å². The van der Waals surface area contributed by atoms with Crippen LogP contribution in [0.2, 0.25) is 0 Å². The van der Waals surface area contributed by atoms with Crippen LogP contribution in [0.15, 0.2) is 28.7 Å². The monoisotopic (exact) mass is 387 g/mol. The molecule has 26 heavy (non-hydrogen) atoms. The molecule has 0 fully saturated rings. The minimum atomic E-state index is -4.73. The number of benzene rings is 1. The number of aryl methyl sites for hydroxylation is 1. The van der Waals surface area contributed by atoms with Crippen molar-refractivity contribution in [3.05, 3.63) is 40.4 Å². The van der Waals surface area contributed by atoms with E-state index in [1.165, 1.54) is 35.8 Å². The number of nitrogens with zero attached hydrogens (tertiary/aromatic N) is 2. The summed E-state index contributed by atoms with van der Waals surface area (Å²) in [5.41, 5.74) is 4.47. The zero-order valence-corrected chi connectivity index (χ0v) is 14.8. The van der Waals surface area contributed by atoms with Gasteiger partial charge in [-0.15, -0.1) is 24.5 Å². The van der Waals surface area contributed by atoms with Gasteiger partial charge in [0.1, 0.15) is 5.75 Å². The van der Waals surface area contributed by atoms with Gasteiger partial charge in [0.15, 0.2) is 0 Å². The average molecular weight is 387 g/mol. The van der Waals surface area contributed by atoms with E-state index in [9.17, 15) is 18.0 Å². The highest BCUT2D eigenvalue weighted by atomic mass is 32.1. The number of hydrogen-bond donors (Lipinski definition) is 1. The number of halogens is 3. The van der Waals surface area contributed by atoms with Crippen LogP contribution in [0.4, 0.5) is 18.3 Å². The molecule has 0 saturated carbocycles. The van der Waals surface area contributed by atoms with Crippen LogP contribution in [-0.2, 0) is 16.0 Å². The summed E-state index contributed by atoms with van der Waals surface area (Å²) in [5.74, 6) is -0.645. The highest BCUT2D eigenvalue weighted by molar-refractivity contribution is 7.13. The smallest absolute Gasteiger partial charge is 0.466 e. The van der Waals surface area contributed by atoms with Crippen molar-refractivity contribution in [1.82, 2.24) is 4.98 Å². The molecule has 0 aliphatic rings. The molecule has 0 aliphatic carbocycles. The minimum Gasteiger partial charge on any atom is -0.466 e. The molecule has 2 aromatic rings. The van der Waals surface area contributed by atoms with Gasteiger partial charge in [-0.2, -0.15) is 5.10 Å². The Hall–Kier alpha value is -2.62. The van der Waals surface area contributed by atoms with Crippen LogP contribution in [0.5, 0.6) is 5.75 Å². The lowest BCUT2D eigenvalue weighted by Crippen LogP contribution is -2.17. The standard InChI is InChI=1S/C16H16F3N3O3S/c1-3-24-14(23)7-12-9-26-15(21-12)22-20-8-11-4-5-13(6-10(11)2)25-16(17,18)19/h4-6,8-9H,3,7H2,1-2H3,(H,21,22). The first-order chi connectivity index (χ1) is 12.3. The predicted octanol–water partition coefficient (Wildman–Crippen LogP) is 3.90. The van der Waals surface area contributed by atoms with Crippen molar-refractivity contribution in [3.63, 3.8) is 0 Å². The second kappa shape index (κ2) is 8.65. The molecule has 0 saturated heterocycles. The fraction of sp³-hybridized carbons (Fsp3) is 0.312.